The van der Waals surface area contributed by atoms with E-state index in [1.54, 1.807) is 4.68 Å². The van der Waals surface area contributed by atoms with Crippen LogP contribution in [0.15, 0.2) is 16.8 Å². The van der Waals surface area contributed by atoms with Crippen molar-refractivity contribution < 1.29 is 4.52 Å². The van der Waals surface area contributed by atoms with Gasteiger partial charge in [0.2, 0.25) is 0 Å². The van der Waals surface area contributed by atoms with Crippen LogP contribution in [-0.4, -0.2) is 21.5 Å². The molecule has 2 rings (SSSR count). The van der Waals surface area contributed by atoms with Crippen molar-refractivity contribution in [3.63, 3.8) is 0 Å². The first-order valence-electron chi connectivity index (χ1n) is 4.87. The maximum absolute atomic E-state index is 5.44. The molecule has 2 heterocycles. The van der Waals surface area contributed by atoms with Crippen LogP contribution in [0.5, 0.6) is 0 Å². The van der Waals surface area contributed by atoms with Gasteiger partial charge < -0.3 is 10.3 Å². The van der Waals surface area contributed by atoms with Gasteiger partial charge in [0.25, 0.3) is 0 Å². The van der Waals surface area contributed by atoms with Gasteiger partial charge in [-0.05, 0) is 13.5 Å². The summed E-state index contributed by atoms with van der Waals surface area (Å²) in [4.78, 5) is 0. The zero-order chi connectivity index (χ0) is 10.8. The summed E-state index contributed by atoms with van der Waals surface area (Å²) in [6.07, 6.45) is 2.64. The molecule has 80 valence electrons. The molecular weight excluding hydrogens is 192 g/mol. The molecule has 0 spiro atoms. The Morgan fingerprint density at radius 3 is 2.93 bits per heavy atom. The summed E-state index contributed by atoms with van der Waals surface area (Å²) < 4.78 is 6.92. The van der Waals surface area contributed by atoms with Crippen molar-refractivity contribution in [1.29, 1.82) is 0 Å². The monoisotopic (exact) mass is 206 g/mol. The Hall–Kier alpha value is -1.62. The van der Waals surface area contributed by atoms with Crippen molar-refractivity contribution >= 4 is 0 Å². The maximum Gasteiger partial charge on any atom is 0.138 e. The summed E-state index contributed by atoms with van der Waals surface area (Å²) in [5.74, 6) is 0.816. The largest absolute Gasteiger partial charge is 0.361 e. The van der Waals surface area contributed by atoms with Gasteiger partial charge in [-0.15, -0.1) is 0 Å². The van der Waals surface area contributed by atoms with Crippen molar-refractivity contribution in [2.75, 3.05) is 6.54 Å². The number of hydrogen-bond donors (Lipinski definition) is 1. The first-order chi connectivity index (χ1) is 7.20. The fourth-order valence-corrected chi connectivity index (χ4v) is 1.55. The van der Waals surface area contributed by atoms with E-state index in [2.05, 4.69) is 10.3 Å². The zero-order valence-corrected chi connectivity index (χ0v) is 8.90. The second-order valence-electron chi connectivity index (χ2n) is 3.52. The Morgan fingerprint density at radius 2 is 2.33 bits per heavy atom. The molecule has 0 aliphatic carbocycles. The SMILES string of the molecule is Cc1nn(C)cc1-c1cc(CCN)on1. The van der Waals surface area contributed by atoms with Crippen LogP contribution in [0.1, 0.15) is 11.5 Å². The van der Waals surface area contributed by atoms with Crippen molar-refractivity contribution in [3.8, 4) is 11.3 Å². The topological polar surface area (TPSA) is 69.9 Å². The van der Waals surface area contributed by atoms with Crippen molar-refractivity contribution in [1.82, 2.24) is 14.9 Å². The second-order valence-corrected chi connectivity index (χ2v) is 3.52. The lowest BCUT2D eigenvalue weighted by Crippen LogP contribution is -2.01. The minimum atomic E-state index is 0.570. The average molecular weight is 206 g/mol. The summed E-state index contributed by atoms with van der Waals surface area (Å²) in [6, 6.07) is 1.91. The van der Waals surface area contributed by atoms with Gasteiger partial charge in [-0.25, -0.2) is 0 Å². The van der Waals surface area contributed by atoms with E-state index in [-0.39, 0.29) is 0 Å². The normalized spacial score (nSPS) is 10.9. The summed E-state index contributed by atoms with van der Waals surface area (Å²) in [6.45, 7) is 2.52. The summed E-state index contributed by atoms with van der Waals surface area (Å²) >= 11 is 0. The summed E-state index contributed by atoms with van der Waals surface area (Å²) in [7, 11) is 1.89. The van der Waals surface area contributed by atoms with Crippen LogP contribution in [0.25, 0.3) is 11.3 Å². The summed E-state index contributed by atoms with van der Waals surface area (Å²) in [5.41, 5.74) is 8.21. The van der Waals surface area contributed by atoms with Crippen LogP contribution in [-0.2, 0) is 13.5 Å². The lowest BCUT2D eigenvalue weighted by molar-refractivity contribution is 0.386. The van der Waals surface area contributed by atoms with Crippen LogP contribution in [0.2, 0.25) is 0 Å². The number of hydrogen-bond acceptors (Lipinski definition) is 4. The molecule has 0 aromatic carbocycles. The number of aromatic nitrogens is 3. The van der Waals surface area contributed by atoms with E-state index in [1.807, 2.05) is 26.2 Å². The van der Waals surface area contributed by atoms with Gasteiger partial charge in [0.05, 0.1) is 5.69 Å². The molecule has 0 aliphatic rings. The molecule has 0 unspecified atom stereocenters. The van der Waals surface area contributed by atoms with E-state index >= 15 is 0 Å². The molecule has 2 N–H and O–H groups in total. The fourth-order valence-electron chi connectivity index (χ4n) is 1.55. The van der Waals surface area contributed by atoms with E-state index in [4.69, 9.17) is 10.3 Å². The molecule has 0 saturated carbocycles. The van der Waals surface area contributed by atoms with Crippen LogP contribution in [0.3, 0.4) is 0 Å². The highest BCUT2D eigenvalue weighted by Crippen LogP contribution is 2.21. The van der Waals surface area contributed by atoms with E-state index < -0.39 is 0 Å². The standard InChI is InChI=1S/C10H14N4O/c1-7-9(6-14(2)12-7)10-5-8(3-4-11)15-13-10/h5-6H,3-4,11H2,1-2H3. The minimum absolute atomic E-state index is 0.570. The average Bonchev–Trinajstić information content (AvgIpc) is 2.73. The van der Waals surface area contributed by atoms with E-state index in [9.17, 15) is 0 Å². The van der Waals surface area contributed by atoms with Gasteiger partial charge in [-0.1, -0.05) is 5.16 Å². The van der Waals surface area contributed by atoms with Crippen molar-refractivity contribution in [2.24, 2.45) is 12.8 Å². The molecule has 0 atom stereocenters. The van der Waals surface area contributed by atoms with E-state index in [1.165, 1.54) is 0 Å². The molecule has 15 heavy (non-hydrogen) atoms. The quantitative estimate of drug-likeness (QED) is 0.809. The molecule has 5 nitrogen and oxygen atoms in total. The first kappa shape index (κ1) is 9.92. The van der Waals surface area contributed by atoms with Crippen molar-refractivity contribution in [3.05, 3.63) is 23.7 Å². The lowest BCUT2D eigenvalue weighted by Gasteiger charge is -1.88. The fraction of sp³-hybridized carbons (Fsp3) is 0.400. The molecule has 2 aromatic rings. The Bertz CT molecular complexity index is 458. The Labute approximate surface area is 87.9 Å². The van der Waals surface area contributed by atoms with Crippen LogP contribution >= 0.6 is 0 Å². The predicted octanol–water partition coefficient (Wildman–Crippen LogP) is 0.885. The predicted molar refractivity (Wildman–Crippen MR) is 56.2 cm³/mol. The molecule has 0 saturated heterocycles. The third-order valence-electron chi connectivity index (χ3n) is 2.24. The molecular formula is C10H14N4O. The van der Waals surface area contributed by atoms with Gasteiger partial charge in [-0.2, -0.15) is 5.10 Å². The van der Waals surface area contributed by atoms with Gasteiger partial charge in [0.1, 0.15) is 11.5 Å². The van der Waals surface area contributed by atoms with Crippen LogP contribution < -0.4 is 5.73 Å². The van der Waals surface area contributed by atoms with E-state index in [0.29, 0.717) is 13.0 Å². The molecule has 0 aliphatic heterocycles. The third-order valence-corrected chi connectivity index (χ3v) is 2.24. The zero-order valence-electron chi connectivity index (χ0n) is 8.90. The number of nitrogens with zero attached hydrogens (tertiary/aromatic N) is 3. The van der Waals surface area contributed by atoms with E-state index in [0.717, 1.165) is 22.7 Å². The smallest absolute Gasteiger partial charge is 0.138 e. The maximum atomic E-state index is 5.44. The lowest BCUT2D eigenvalue weighted by atomic mass is 10.2. The molecule has 0 radical (unpaired) electrons. The van der Waals surface area contributed by atoms with Gasteiger partial charge >= 0.3 is 0 Å². The summed E-state index contributed by atoms with van der Waals surface area (Å²) in [5, 5.41) is 8.25. The highest BCUT2D eigenvalue weighted by atomic mass is 16.5. The van der Waals surface area contributed by atoms with Crippen LogP contribution in [0.4, 0.5) is 0 Å². The molecule has 0 fully saturated rings. The minimum Gasteiger partial charge on any atom is -0.361 e. The van der Waals surface area contributed by atoms with Gasteiger partial charge in [0.15, 0.2) is 0 Å². The van der Waals surface area contributed by atoms with Gasteiger partial charge in [-0.3, -0.25) is 4.68 Å². The highest BCUT2D eigenvalue weighted by Gasteiger charge is 2.11. The van der Waals surface area contributed by atoms with Crippen molar-refractivity contribution in [2.45, 2.75) is 13.3 Å². The number of nitrogens with two attached hydrogens (primary N) is 1. The second kappa shape index (κ2) is 3.86. The van der Waals surface area contributed by atoms with Gasteiger partial charge in [0, 0.05) is 31.3 Å². The Balaban J connectivity index is 2.32. The molecule has 5 heteroatoms. The third kappa shape index (κ3) is 1.92. The Morgan fingerprint density at radius 1 is 1.53 bits per heavy atom. The van der Waals surface area contributed by atoms with Crippen LogP contribution in [0, 0.1) is 6.92 Å². The number of rotatable bonds is 3. The highest BCUT2D eigenvalue weighted by molar-refractivity contribution is 5.60. The molecule has 2 aromatic heterocycles. The number of aryl methyl sites for hydroxylation is 2. The molecule has 0 bridgehead atoms. The molecule has 0 amide bonds. The first-order valence-corrected chi connectivity index (χ1v) is 4.87. The Kier molecular flexibility index (Phi) is 2.55.